The Morgan fingerprint density at radius 3 is 2.97 bits per heavy atom. The number of thioether (sulfide) groups is 1. The fourth-order valence-electron chi connectivity index (χ4n) is 3.59. The van der Waals surface area contributed by atoms with E-state index in [1.54, 1.807) is 12.1 Å². The third kappa shape index (κ3) is 4.30. The molecule has 1 unspecified atom stereocenters. The monoisotopic (exact) mass is 442 g/mol. The molecule has 0 saturated heterocycles. The lowest BCUT2D eigenvalue weighted by atomic mass is 9.72. The Labute approximate surface area is 182 Å². The van der Waals surface area contributed by atoms with E-state index in [4.69, 9.17) is 8.83 Å². The number of rotatable bonds is 5. The largest absolute Gasteiger partial charge is 0.459 e. The molecule has 3 heterocycles. The summed E-state index contributed by atoms with van der Waals surface area (Å²) in [4.78, 5) is 13.7. The molecule has 1 atom stereocenters. The number of fused-ring (bicyclic) bond motifs is 1. The van der Waals surface area contributed by atoms with Crippen LogP contribution in [0.1, 0.15) is 43.2 Å². The van der Waals surface area contributed by atoms with Crippen LogP contribution >= 0.6 is 23.1 Å². The second-order valence-electron chi connectivity index (χ2n) is 8.31. The molecule has 0 fully saturated rings. The summed E-state index contributed by atoms with van der Waals surface area (Å²) in [7, 11) is 0. The Morgan fingerprint density at radius 2 is 2.27 bits per heavy atom. The Morgan fingerprint density at radius 1 is 1.43 bits per heavy atom. The molecule has 0 radical (unpaired) electrons. The zero-order valence-corrected chi connectivity index (χ0v) is 18.7. The van der Waals surface area contributed by atoms with Crippen molar-refractivity contribution in [1.29, 1.82) is 5.26 Å². The van der Waals surface area contributed by atoms with E-state index in [0.29, 0.717) is 22.2 Å². The summed E-state index contributed by atoms with van der Waals surface area (Å²) in [5, 5.41) is 21.3. The molecular formula is C21H22N4O3S2. The lowest BCUT2D eigenvalue weighted by Crippen LogP contribution is -2.26. The molecule has 3 aromatic rings. The van der Waals surface area contributed by atoms with Gasteiger partial charge < -0.3 is 14.2 Å². The van der Waals surface area contributed by atoms with Crippen molar-refractivity contribution >= 4 is 34.0 Å². The van der Waals surface area contributed by atoms with Gasteiger partial charge in [-0.15, -0.1) is 21.5 Å². The predicted octanol–water partition coefficient (Wildman–Crippen LogP) is 5.14. The van der Waals surface area contributed by atoms with Crippen LogP contribution < -0.4 is 5.32 Å². The summed E-state index contributed by atoms with van der Waals surface area (Å²) in [5.74, 6) is 1.23. The average molecular weight is 443 g/mol. The molecule has 1 amide bonds. The number of furan rings is 1. The van der Waals surface area contributed by atoms with Gasteiger partial charge in [0.25, 0.3) is 11.1 Å². The molecule has 4 rings (SSSR count). The number of thiophene rings is 1. The lowest BCUT2D eigenvalue weighted by Gasteiger charge is -2.33. The summed E-state index contributed by atoms with van der Waals surface area (Å²) in [5.41, 5.74) is 1.94. The number of anilines is 1. The van der Waals surface area contributed by atoms with Crippen LogP contribution in [0.5, 0.6) is 0 Å². The minimum Gasteiger partial charge on any atom is -0.459 e. The van der Waals surface area contributed by atoms with Crippen LogP contribution in [0.15, 0.2) is 32.5 Å². The maximum Gasteiger partial charge on any atom is 0.284 e. The molecule has 30 heavy (non-hydrogen) atoms. The van der Waals surface area contributed by atoms with Crippen LogP contribution in [0.4, 0.5) is 5.00 Å². The fourth-order valence-corrected chi connectivity index (χ4v) is 5.45. The van der Waals surface area contributed by atoms with Crippen LogP contribution in [0.3, 0.4) is 0 Å². The Bertz CT molecular complexity index is 1090. The number of hydrogen-bond acceptors (Lipinski definition) is 8. The lowest BCUT2D eigenvalue weighted by molar-refractivity contribution is -0.113. The second kappa shape index (κ2) is 8.28. The number of carbonyl (C=O) groups excluding carboxylic acids is 1. The van der Waals surface area contributed by atoms with Gasteiger partial charge in [0.15, 0.2) is 5.76 Å². The highest BCUT2D eigenvalue weighted by Gasteiger charge is 2.32. The second-order valence-corrected chi connectivity index (χ2v) is 10.3. The number of aromatic nitrogens is 2. The molecule has 7 nitrogen and oxygen atoms in total. The van der Waals surface area contributed by atoms with Gasteiger partial charge in [-0.1, -0.05) is 32.5 Å². The standard InChI is InChI=1S/C21H22N4O3S2/c1-21(2,3)12-6-7-13-14(10-22)19(30-16(13)9-12)23-17(26)11-29-20-25-24-18(28-20)15-5-4-8-27-15/h4-5,8,12H,6-7,9,11H2,1-3H3,(H,23,26). The minimum atomic E-state index is -0.208. The van der Waals surface area contributed by atoms with Gasteiger partial charge in [0.1, 0.15) is 11.1 Å². The van der Waals surface area contributed by atoms with Crippen molar-refractivity contribution in [3.05, 3.63) is 34.4 Å². The summed E-state index contributed by atoms with van der Waals surface area (Å²) >= 11 is 2.68. The van der Waals surface area contributed by atoms with Gasteiger partial charge in [-0.2, -0.15) is 5.26 Å². The minimum absolute atomic E-state index is 0.109. The number of hydrogen-bond donors (Lipinski definition) is 1. The number of nitriles is 1. The van der Waals surface area contributed by atoms with E-state index in [-0.39, 0.29) is 28.2 Å². The molecule has 156 valence electrons. The van der Waals surface area contributed by atoms with Crippen LogP contribution in [-0.2, 0) is 17.6 Å². The average Bonchev–Trinajstić information content (AvgIpc) is 3.43. The summed E-state index contributed by atoms with van der Waals surface area (Å²) < 4.78 is 10.7. The van der Waals surface area contributed by atoms with Crippen LogP contribution in [-0.4, -0.2) is 21.9 Å². The van der Waals surface area contributed by atoms with E-state index in [9.17, 15) is 10.1 Å². The quantitative estimate of drug-likeness (QED) is 0.545. The first-order chi connectivity index (χ1) is 14.3. The number of nitrogens with zero attached hydrogens (tertiary/aromatic N) is 3. The number of carbonyl (C=O) groups is 1. The first-order valence-corrected chi connectivity index (χ1v) is 11.5. The van der Waals surface area contributed by atoms with Gasteiger partial charge in [0, 0.05) is 4.88 Å². The van der Waals surface area contributed by atoms with E-state index >= 15 is 0 Å². The van der Waals surface area contributed by atoms with Crippen LogP contribution in [0.2, 0.25) is 0 Å². The molecule has 0 saturated carbocycles. The number of nitrogens with one attached hydrogen (secondary N) is 1. The van der Waals surface area contributed by atoms with Crippen LogP contribution in [0, 0.1) is 22.7 Å². The zero-order chi connectivity index (χ0) is 21.3. The fraction of sp³-hybridized carbons (Fsp3) is 0.429. The van der Waals surface area contributed by atoms with E-state index < -0.39 is 0 Å². The van der Waals surface area contributed by atoms with Crippen molar-refractivity contribution in [3.8, 4) is 17.7 Å². The van der Waals surface area contributed by atoms with Gasteiger partial charge in [-0.05, 0) is 48.3 Å². The van der Waals surface area contributed by atoms with Crippen molar-refractivity contribution in [2.75, 3.05) is 11.1 Å². The topological polar surface area (TPSA) is 105 Å². The smallest absolute Gasteiger partial charge is 0.284 e. The first kappa shape index (κ1) is 20.7. The Balaban J connectivity index is 1.40. The summed E-state index contributed by atoms with van der Waals surface area (Å²) in [6, 6.07) is 5.75. The molecule has 0 aromatic carbocycles. The van der Waals surface area contributed by atoms with Gasteiger partial charge in [0.05, 0.1) is 17.6 Å². The van der Waals surface area contributed by atoms with E-state index in [1.165, 1.54) is 22.5 Å². The van der Waals surface area contributed by atoms with Crippen LogP contribution in [0.25, 0.3) is 11.7 Å². The van der Waals surface area contributed by atoms with E-state index in [0.717, 1.165) is 36.6 Å². The summed E-state index contributed by atoms with van der Waals surface area (Å²) in [6.45, 7) is 6.78. The maximum absolute atomic E-state index is 12.5. The number of amides is 1. The van der Waals surface area contributed by atoms with Gasteiger partial charge in [0.2, 0.25) is 5.91 Å². The Kier molecular flexibility index (Phi) is 5.71. The highest BCUT2D eigenvalue weighted by molar-refractivity contribution is 7.99. The van der Waals surface area contributed by atoms with Crippen molar-refractivity contribution in [1.82, 2.24) is 10.2 Å². The molecule has 0 aliphatic heterocycles. The molecule has 0 spiro atoms. The van der Waals surface area contributed by atoms with Gasteiger partial charge in [-0.25, -0.2) is 0 Å². The highest BCUT2D eigenvalue weighted by atomic mass is 32.2. The molecule has 1 N–H and O–H groups in total. The van der Waals surface area contributed by atoms with Gasteiger partial charge in [-0.3, -0.25) is 4.79 Å². The predicted molar refractivity (Wildman–Crippen MR) is 115 cm³/mol. The molecular weight excluding hydrogens is 420 g/mol. The normalized spacial score (nSPS) is 16.1. The third-order valence-corrected chi connectivity index (χ3v) is 7.31. The first-order valence-electron chi connectivity index (χ1n) is 9.70. The molecule has 0 bridgehead atoms. The molecule has 9 heteroatoms. The summed E-state index contributed by atoms with van der Waals surface area (Å²) in [6.07, 6.45) is 4.44. The van der Waals surface area contributed by atoms with Gasteiger partial charge >= 0.3 is 0 Å². The Hall–Kier alpha value is -2.57. The highest BCUT2D eigenvalue weighted by Crippen LogP contribution is 2.44. The zero-order valence-electron chi connectivity index (χ0n) is 17.0. The third-order valence-electron chi connectivity index (χ3n) is 5.32. The van der Waals surface area contributed by atoms with Crippen molar-refractivity contribution in [2.24, 2.45) is 11.3 Å². The molecule has 1 aliphatic rings. The van der Waals surface area contributed by atoms with Crippen molar-refractivity contribution in [2.45, 2.75) is 45.3 Å². The van der Waals surface area contributed by atoms with Crippen molar-refractivity contribution < 1.29 is 13.6 Å². The molecule has 3 aromatic heterocycles. The SMILES string of the molecule is CC(C)(C)C1CCc2c(sc(NC(=O)CSc3nnc(-c4ccco4)o3)c2C#N)C1. The van der Waals surface area contributed by atoms with Crippen molar-refractivity contribution in [3.63, 3.8) is 0 Å². The van der Waals surface area contributed by atoms with E-state index in [1.807, 2.05) is 0 Å². The maximum atomic E-state index is 12.5. The van der Waals surface area contributed by atoms with E-state index in [2.05, 4.69) is 42.4 Å². The molecule has 1 aliphatic carbocycles.